The van der Waals surface area contributed by atoms with E-state index in [4.69, 9.17) is 9.47 Å². The average Bonchev–Trinajstić information content (AvgIpc) is 2.78. The van der Waals surface area contributed by atoms with Gasteiger partial charge in [-0.05, 0) is 56.4 Å². The number of hydrogen-bond donors (Lipinski definition) is 0. The van der Waals surface area contributed by atoms with Gasteiger partial charge in [-0.3, -0.25) is 0 Å². The van der Waals surface area contributed by atoms with E-state index in [-0.39, 0.29) is 6.79 Å². The Morgan fingerprint density at radius 3 is 2.45 bits per heavy atom. The fourth-order valence-electron chi connectivity index (χ4n) is 2.86. The van der Waals surface area contributed by atoms with Gasteiger partial charge in [0.2, 0.25) is 12.9 Å². The highest BCUT2D eigenvalue weighted by Crippen LogP contribution is 2.51. The average molecular weight is 277 g/mol. The molecule has 0 atom stereocenters. The Hall–Kier alpha value is -1.87. The second-order valence-electron chi connectivity index (χ2n) is 5.81. The number of benzene rings is 1. The number of alkyl halides is 1. The zero-order chi connectivity index (χ0) is 14.4. The second kappa shape index (κ2) is 4.32. The Kier molecular flexibility index (Phi) is 2.83. The second-order valence-corrected chi connectivity index (χ2v) is 5.81. The summed E-state index contributed by atoms with van der Waals surface area (Å²) in [6.45, 7) is 3.12. The van der Waals surface area contributed by atoms with Gasteiger partial charge in [0.15, 0.2) is 11.5 Å². The van der Waals surface area contributed by atoms with Crippen LogP contribution in [0.15, 0.2) is 17.1 Å². The molecule has 1 fully saturated rings. The highest BCUT2D eigenvalue weighted by atomic mass is 19.1. The van der Waals surface area contributed by atoms with Crippen molar-refractivity contribution in [3.63, 3.8) is 0 Å². The van der Waals surface area contributed by atoms with E-state index in [0.29, 0.717) is 22.6 Å². The van der Waals surface area contributed by atoms with Gasteiger partial charge < -0.3 is 9.47 Å². The van der Waals surface area contributed by atoms with Crippen LogP contribution in [0, 0.1) is 0 Å². The Labute approximate surface area is 116 Å². The van der Waals surface area contributed by atoms with E-state index in [1.54, 1.807) is 18.2 Å². The minimum Gasteiger partial charge on any atom is -0.454 e. The number of nitrogens with zero attached hydrogens (tertiary/aromatic N) is 1. The molecular weight excluding hydrogens is 261 g/mol. The molecule has 106 valence electrons. The van der Waals surface area contributed by atoms with Gasteiger partial charge in [0.1, 0.15) is 5.67 Å². The smallest absolute Gasteiger partial charge is 0.235 e. The molecule has 1 aromatic rings. The van der Waals surface area contributed by atoms with Crippen molar-refractivity contribution in [2.24, 2.45) is 4.99 Å². The molecule has 0 saturated heterocycles. The van der Waals surface area contributed by atoms with Gasteiger partial charge in [-0.2, -0.15) is 4.99 Å². The van der Waals surface area contributed by atoms with Crippen molar-refractivity contribution >= 4 is 6.08 Å². The molecule has 0 radical (unpaired) electrons. The summed E-state index contributed by atoms with van der Waals surface area (Å²) >= 11 is 0. The molecule has 1 heterocycles. The van der Waals surface area contributed by atoms with Gasteiger partial charge in [-0.1, -0.05) is 0 Å². The monoisotopic (exact) mass is 277 g/mol. The maximum atomic E-state index is 14.5. The third-order valence-electron chi connectivity index (χ3n) is 4.09. The molecule has 1 aromatic carbocycles. The van der Waals surface area contributed by atoms with Crippen LogP contribution in [0.2, 0.25) is 0 Å². The van der Waals surface area contributed by atoms with E-state index < -0.39 is 11.2 Å². The number of fused-ring (bicyclic) bond motifs is 1. The third-order valence-corrected chi connectivity index (χ3v) is 4.09. The number of aliphatic imine (C=N–C) groups is 1. The molecule has 0 amide bonds. The van der Waals surface area contributed by atoms with Crippen molar-refractivity contribution in [1.82, 2.24) is 0 Å². The molecule has 4 nitrogen and oxygen atoms in total. The zero-order valence-corrected chi connectivity index (χ0v) is 11.5. The molecule has 0 bridgehead atoms. The highest BCUT2D eigenvalue weighted by Gasteiger charge is 2.44. The van der Waals surface area contributed by atoms with Crippen LogP contribution in [0.25, 0.3) is 0 Å². The van der Waals surface area contributed by atoms with Crippen molar-refractivity contribution < 1.29 is 18.7 Å². The van der Waals surface area contributed by atoms with Gasteiger partial charge in [-0.25, -0.2) is 9.18 Å². The lowest BCUT2D eigenvalue weighted by atomic mass is 9.69. The first kappa shape index (κ1) is 13.1. The van der Waals surface area contributed by atoms with Crippen LogP contribution in [0.3, 0.4) is 0 Å². The lowest BCUT2D eigenvalue weighted by Crippen LogP contribution is -2.34. The van der Waals surface area contributed by atoms with Crippen molar-refractivity contribution in [2.75, 3.05) is 6.79 Å². The van der Waals surface area contributed by atoms with Crippen LogP contribution in [0.4, 0.5) is 4.39 Å². The first-order chi connectivity index (χ1) is 9.46. The summed E-state index contributed by atoms with van der Waals surface area (Å²) in [6, 6.07) is 3.43. The molecule has 3 rings (SSSR count). The normalized spacial score (nSPS) is 19.1. The van der Waals surface area contributed by atoms with E-state index in [9.17, 15) is 9.18 Å². The minimum absolute atomic E-state index is 0.134. The van der Waals surface area contributed by atoms with E-state index in [2.05, 4.69) is 4.99 Å². The predicted octanol–water partition coefficient (Wildman–Crippen LogP) is 3.33. The molecule has 1 aliphatic heterocycles. The standard InChI is InChI=1S/C15H16FNO3/c1-14(2,16)10-6-12-13(20-9-19-12)7-11(10)15(17-8-18)4-3-5-15/h6-7H,3-5,9H2,1-2H3. The van der Waals surface area contributed by atoms with Crippen molar-refractivity contribution in [3.05, 3.63) is 23.3 Å². The number of halogens is 1. The van der Waals surface area contributed by atoms with Gasteiger partial charge in [0.25, 0.3) is 0 Å². The SMILES string of the molecule is CC(C)(F)c1cc2c(cc1C1(N=C=O)CCC1)OCO2. The summed E-state index contributed by atoms with van der Waals surface area (Å²) in [7, 11) is 0. The topological polar surface area (TPSA) is 47.9 Å². The van der Waals surface area contributed by atoms with E-state index in [1.165, 1.54) is 13.8 Å². The minimum atomic E-state index is -1.54. The fraction of sp³-hybridized carbons (Fsp3) is 0.533. The molecule has 2 aliphatic rings. The Morgan fingerprint density at radius 2 is 1.95 bits per heavy atom. The maximum absolute atomic E-state index is 14.5. The van der Waals surface area contributed by atoms with Crippen LogP contribution >= 0.6 is 0 Å². The molecule has 1 aliphatic carbocycles. The zero-order valence-electron chi connectivity index (χ0n) is 11.5. The van der Waals surface area contributed by atoms with Gasteiger partial charge in [0, 0.05) is 0 Å². The number of hydrogen-bond acceptors (Lipinski definition) is 4. The predicted molar refractivity (Wildman–Crippen MR) is 70.3 cm³/mol. The lowest BCUT2D eigenvalue weighted by Gasteiger charge is -2.39. The van der Waals surface area contributed by atoms with Gasteiger partial charge in [-0.15, -0.1) is 0 Å². The van der Waals surface area contributed by atoms with Crippen LogP contribution < -0.4 is 9.47 Å². The first-order valence-electron chi connectivity index (χ1n) is 6.69. The van der Waals surface area contributed by atoms with Gasteiger partial charge in [0.05, 0.1) is 5.54 Å². The lowest BCUT2D eigenvalue weighted by molar-refractivity contribution is 0.173. The molecule has 0 unspecified atom stereocenters. The molecule has 0 spiro atoms. The summed E-state index contributed by atoms with van der Waals surface area (Å²) in [5, 5.41) is 0. The summed E-state index contributed by atoms with van der Waals surface area (Å²) in [4.78, 5) is 14.7. The summed E-state index contributed by atoms with van der Waals surface area (Å²) in [5.41, 5.74) is -0.983. The van der Waals surface area contributed by atoms with Gasteiger partial charge >= 0.3 is 0 Å². The third kappa shape index (κ3) is 1.90. The molecule has 0 aromatic heterocycles. The Balaban J connectivity index is 2.20. The van der Waals surface area contributed by atoms with Crippen LogP contribution in [-0.2, 0) is 16.0 Å². The van der Waals surface area contributed by atoms with E-state index in [0.717, 1.165) is 19.3 Å². The first-order valence-corrected chi connectivity index (χ1v) is 6.69. The van der Waals surface area contributed by atoms with Crippen molar-refractivity contribution in [3.8, 4) is 11.5 Å². The Morgan fingerprint density at radius 1 is 1.30 bits per heavy atom. The largest absolute Gasteiger partial charge is 0.454 e. The molecular formula is C15H16FNO3. The molecule has 20 heavy (non-hydrogen) atoms. The van der Waals surface area contributed by atoms with Crippen LogP contribution in [-0.4, -0.2) is 12.9 Å². The quantitative estimate of drug-likeness (QED) is 0.629. The summed E-state index contributed by atoms with van der Waals surface area (Å²) in [5.74, 6) is 1.12. The van der Waals surface area contributed by atoms with Crippen molar-refractivity contribution in [2.45, 2.75) is 44.3 Å². The molecule has 5 heteroatoms. The molecule has 0 N–H and O–H groups in total. The van der Waals surface area contributed by atoms with Crippen LogP contribution in [0.5, 0.6) is 11.5 Å². The molecule has 1 saturated carbocycles. The van der Waals surface area contributed by atoms with Crippen LogP contribution in [0.1, 0.15) is 44.2 Å². The fourth-order valence-corrected chi connectivity index (χ4v) is 2.86. The summed E-state index contributed by atoms with van der Waals surface area (Å²) in [6.07, 6.45) is 4.05. The Bertz CT molecular complexity index is 596. The highest BCUT2D eigenvalue weighted by molar-refractivity contribution is 5.54. The van der Waals surface area contributed by atoms with E-state index in [1.807, 2.05) is 0 Å². The number of isocyanates is 1. The number of ether oxygens (including phenoxy) is 2. The van der Waals surface area contributed by atoms with Crippen molar-refractivity contribution in [1.29, 1.82) is 0 Å². The van der Waals surface area contributed by atoms with E-state index >= 15 is 0 Å². The maximum Gasteiger partial charge on any atom is 0.235 e. The number of rotatable bonds is 3. The summed E-state index contributed by atoms with van der Waals surface area (Å²) < 4.78 is 25.2. The number of carbonyl (C=O) groups excluding carboxylic acids is 1.